The Bertz CT molecular complexity index is 657. The van der Waals surface area contributed by atoms with Crippen molar-refractivity contribution in [3.63, 3.8) is 0 Å². The number of nitrogen functional groups attached to an aromatic ring is 1. The van der Waals surface area contributed by atoms with E-state index in [0.29, 0.717) is 27.1 Å². The molecule has 0 aliphatic heterocycles. The molecule has 0 aromatic heterocycles. The normalized spacial score (nSPS) is 10.0. The second-order valence-corrected chi connectivity index (χ2v) is 4.60. The van der Waals surface area contributed by atoms with E-state index < -0.39 is 5.82 Å². The van der Waals surface area contributed by atoms with E-state index in [1.165, 1.54) is 24.3 Å². The Balaban J connectivity index is 2.45. The number of nitrogens with two attached hydrogens (primary N) is 1. The molecule has 2 aromatic rings. The average molecular weight is 296 g/mol. The van der Waals surface area contributed by atoms with Crippen LogP contribution in [0.5, 0.6) is 0 Å². The predicted molar refractivity (Wildman–Crippen MR) is 75.3 cm³/mol. The van der Waals surface area contributed by atoms with Crippen molar-refractivity contribution in [3.8, 4) is 6.07 Å². The predicted octanol–water partition coefficient (Wildman–Crippen LogP) is 4.33. The number of hydrogen-bond donors (Lipinski definition) is 2. The summed E-state index contributed by atoms with van der Waals surface area (Å²) in [5.74, 6) is -0.489. The SMILES string of the molecule is N#Cc1cc(F)ccc1Nc1c(Cl)cc(N)cc1Cl. The molecule has 19 heavy (non-hydrogen) atoms. The van der Waals surface area contributed by atoms with E-state index in [0.717, 1.165) is 6.07 Å². The Kier molecular flexibility index (Phi) is 3.79. The lowest BCUT2D eigenvalue weighted by Crippen LogP contribution is -1.97. The summed E-state index contributed by atoms with van der Waals surface area (Å²) < 4.78 is 13.0. The van der Waals surface area contributed by atoms with Crippen LogP contribution in [0.3, 0.4) is 0 Å². The lowest BCUT2D eigenvalue weighted by atomic mass is 10.1. The van der Waals surface area contributed by atoms with Gasteiger partial charge in [-0.1, -0.05) is 23.2 Å². The van der Waals surface area contributed by atoms with Crippen LogP contribution in [0.15, 0.2) is 30.3 Å². The number of nitriles is 1. The highest BCUT2D eigenvalue weighted by Gasteiger charge is 2.10. The van der Waals surface area contributed by atoms with Gasteiger partial charge in [-0.2, -0.15) is 5.26 Å². The van der Waals surface area contributed by atoms with Gasteiger partial charge in [0.25, 0.3) is 0 Å². The van der Waals surface area contributed by atoms with Crippen molar-refractivity contribution in [1.29, 1.82) is 5.26 Å². The van der Waals surface area contributed by atoms with Gasteiger partial charge in [-0.3, -0.25) is 0 Å². The van der Waals surface area contributed by atoms with E-state index >= 15 is 0 Å². The van der Waals surface area contributed by atoms with Crippen molar-refractivity contribution in [2.24, 2.45) is 0 Å². The van der Waals surface area contributed by atoms with Crippen molar-refractivity contribution in [2.45, 2.75) is 0 Å². The van der Waals surface area contributed by atoms with E-state index in [-0.39, 0.29) is 5.56 Å². The topological polar surface area (TPSA) is 61.8 Å². The zero-order chi connectivity index (χ0) is 14.0. The molecular formula is C13H8Cl2FN3. The van der Waals surface area contributed by atoms with E-state index in [2.05, 4.69) is 5.32 Å². The Hall–Kier alpha value is -1.96. The Morgan fingerprint density at radius 2 is 1.79 bits per heavy atom. The first-order chi connectivity index (χ1) is 9.01. The third-order valence-corrected chi connectivity index (χ3v) is 3.02. The highest BCUT2D eigenvalue weighted by atomic mass is 35.5. The van der Waals surface area contributed by atoms with E-state index in [1.54, 1.807) is 0 Å². The summed E-state index contributed by atoms with van der Waals surface area (Å²) in [5, 5.41) is 12.5. The minimum Gasteiger partial charge on any atom is -0.399 e. The van der Waals surface area contributed by atoms with Gasteiger partial charge in [0.15, 0.2) is 0 Å². The quantitative estimate of drug-likeness (QED) is 0.811. The van der Waals surface area contributed by atoms with Crippen molar-refractivity contribution in [3.05, 3.63) is 51.8 Å². The minimum absolute atomic E-state index is 0.156. The zero-order valence-electron chi connectivity index (χ0n) is 9.55. The van der Waals surface area contributed by atoms with Crippen molar-refractivity contribution >= 4 is 40.3 Å². The van der Waals surface area contributed by atoms with Crippen LogP contribution in [-0.4, -0.2) is 0 Å². The van der Waals surface area contributed by atoms with Crippen LogP contribution in [0.4, 0.5) is 21.5 Å². The molecule has 3 nitrogen and oxygen atoms in total. The molecule has 0 saturated heterocycles. The summed E-state index contributed by atoms with van der Waals surface area (Å²) in [5.41, 5.74) is 7.02. The first-order valence-corrected chi connectivity index (χ1v) is 5.98. The van der Waals surface area contributed by atoms with Crippen molar-refractivity contribution < 1.29 is 4.39 Å². The highest BCUT2D eigenvalue weighted by molar-refractivity contribution is 6.39. The second kappa shape index (κ2) is 5.35. The lowest BCUT2D eigenvalue weighted by Gasteiger charge is -2.12. The van der Waals surface area contributed by atoms with Crippen LogP contribution in [-0.2, 0) is 0 Å². The third-order valence-electron chi connectivity index (χ3n) is 2.43. The summed E-state index contributed by atoms with van der Waals surface area (Å²) in [6.07, 6.45) is 0. The number of nitrogens with one attached hydrogen (secondary N) is 1. The van der Waals surface area contributed by atoms with E-state index in [1.807, 2.05) is 6.07 Å². The monoisotopic (exact) mass is 295 g/mol. The molecular weight excluding hydrogens is 288 g/mol. The maximum absolute atomic E-state index is 13.0. The molecule has 0 saturated carbocycles. The van der Waals surface area contributed by atoms with Gasteiger partial charge in [0, 0.05) is 5.69 Å². The summed E-state index contributed by atoms with van der Waals surface area (Å²) in [6, 6.07) is 8.77. The molecule has 96 valence electrons. The number of benzene rings is 2. The van der Waals surface area contributed by atoms with Gasteiger partial charge in [-0.15, -0.1) is 0 Å². The fourth-order valence-electron chi connectivity index (χ4n) is 1.56. The second-order valence-electron chi connectivity index (χ2n) is 3.79. The van der Waals surface area contributed by atoms with Crippen LogP contribution in [0.1, 0.15) is 5.56 Å². The molecule has 0 atom stereocenters. The van der Waals surface area contributed by atoms with Crippen molar-refractivity contribution in [1.82, 2.24) is 0 Å². The smallest absolute Gasteiger partial charge is 0.124 e. The third kappa shape index (κ3) is 2.90. The van der Waals surface area contributed by atoms with Crippen LogP contribution >= 0.6 is 23.2 Å². The van der Waals surface area contributed by atoms with Gasteiger partial charge < -0.3 is 11.1 Å². The lowest BCUT2D eigenvalue weighted by molar-refractivity contribution is 0.627. The first-order valence-electron chi connectivity index (χ1n) is 5.22. The Morgan fingerprint density at radius 3 is 2.37 bits per heavy atom. The zero-order valence-corrected chi connectivity index (χ0v) is 11.1. The van der Waals surface area contributed by atoms with Gasteiger partial charge in [-0.25, -0.2) is 4.39 Å². The standard InChI is InChI=1S/C13H8Cl2FN3/c14-10-4-9(18)5-11(15)13(10)19-12-2-1-8(16)3-7(12)6-17/h1-5,19H,18H2. The molecule has 0 aliphatic carbocycles. The average Bonchev–Trinajstić information content (AvgIpc) is 2.35. The van der Waals surface area contributed by atoms with Gasteiger partial charge in [-0.05, 0) is 30.3 Å². The maximum Gasteiger partial charge on any atom is 0.124 e. The van der Waals surface area contributed by atoms with Crippen LogP contribution in [0, 0.1) is 17.1 Å². The molecule has 3 N–H and O–H groups in total. The fourth-order valence-corrected chi connectivity index (χ4v) is 2.16. The number of rotatable bonds is 2. The number of nitrogens with zero attached hydrogens (tertiary/aromatic N) is 1. The molecule has 0 aliphatic rings. The van der Waals surface area contributed by atoms with Gasteiger partial charge in [0.2, 0.25) is 0 Å². The fraction of sp³-hybridized carbons (Fsp3) is 0. The molecule has 0 fully saturated rings. The molecule has 0 spiro atoms. The van der Waals surface area contributed by atoms with Crippen LogP contribution in [0.25, 0.3) is 0 Å². The molecule has 0 bridgehead atoms. The largest absolute Gasteiger partial charge is 0.399 e. The Morgan fingerprint density at radius 1 is 1.16 bits per heavy atom. The molecule has 0 unspecified atom stereocenters. The van der Waals surface area contributed by atoms with E-state index in [4.69, 9.17) is 34.2 Å². The number of halogens is 3. The molecule has 0 radical (unpaired) electrons. The van der Waals surface area contributed by atoms with Crippen LogP contribution < -0.4 is 11.1 Å². The van der Waals surface area contributed by atoms with Gasteiger partial charge in [0.05, 0.1) is 27.0 Å². The highest BCUT2D eigenvalue weighted by Crippen LogP contribution is 2.35. The minimum atomic E-state index is -0.489. The molecule has 0 heterocycles. The van der Waals surface area contributed by atoms with Gasteiger partial charge in [0.1, 0.15) is 11.9 Å². The molecule has 2 rings (SSSR count). The van der Waals surface area contributed by atoms with E-state index in [9.17, 15) is 4.39 Å². The molecule has 0 amide bonds. The number of anilines is 3. The van der Waals surface area contributed by atoms with Gasteiger partial charge >= 0.3 is 0 Å². The molecule has 2 aromatic carbocycles. The summed E-state index contributed by atoms with van der Waals surface area (Å²) in [4.78, 5) is 0. The summed E-state index contributed by atoms with van der Waals surface area (Å²) in [7, 11) is 0. The molecule has 6 heteroatoms. The number of hydrogen-bond acceptors (Lipinski definition) is 3. The van der Waals surface area contributed by atoms with Crippen LogP contribution in [0.2, 0.25) is 10.0 Å². The Labute approximate surface area is 119 Å². The summed E-state index contributed by atoms with van der Waals surface area (Å²) >= 11 is 12.1. The maximum atomic E-state index is 13.0. The summed E-state index contributed by atoms with van der Waals surface area (Å²) in [6.45, 7) is 0. The van der Waals surface area contributed by atoms with Crippen molar-refractivity contribution in [2.75, 3.05) is 11.1 Å². The first kappa shape index (κ1) is 13.5.